The minimum atomic E-state index is -1.02. The summed E-state index contributed by atoms with van der Waals surface area (Å²) in [6.45, 7) is 1.53. The Morgan fingerprint density at radius 1 is 1.32 bits per heavy atom. The van der Waals surface area contributed by atoms with Gasteiger partial charge in [0, 0.05) is 31.4 Å². The summed E-state index contributed by atoms with van der Waals surface area (Å²) in [7, 11) is 5.75. The van der Waals surface area contributed by atoms with Crippen molar-refractivity contribution in [2.45, 2.75) is 0 Å². The van der Waals surface area contributed by atoms with Crippen LogP contribution in [0.1, 0.15) is 15.9 Å². The molecule has 0 aliphatic carbocycles. The molecule has 0 aliphatic rings. The quantitative estimate of drug-likeness (QED) is 0.415. The van der Waals surface area contributed by atoms with Crippen LogP contribution in [-0.4, -0.2) is 60.9 Å². The van der Waals surface area contributed by atoms with E-state index in [9.17, 15) is 4.79 Å². The van der Waals surface area contributed by atoms with Crippen LogP contribution in [0.4, 0.5) is 5.69 Å². The number of carboxylic acids is 1. The van der Waals surface area contributed by atoms with Gasteiger partial charge < -0.3 is 20.6 Å². The van der Waals surface area contributed by atoms with Crippen molar-refractivity contribution in [3.8, 4) is 0 Å². The number of anilines is 1. The monoisotopic (exact) mass is 264 g/mol. The molecule has 0 saturated carbocycles. The third kappa shape index (κ3) is 3.96. The van der Waals surface area contributed by atoms with Gasteiger partial charge in [0.05, 0.1) is 5.56 Å². The zero-order valence-corrected chi connectivity index (χ0v) is 11.5. The number of carbonyl (C=O) groups is 1. The molecule has 0 bridgehead atoms. The first kappa shape index (κ1) is 15.0. The molecule has 0 spiro atoms. The average molecular weight is 264 g/mol. The zero-order chi connectivity index (χ0) is 14.6. The molecule has 6 heteroatoms. The van der Waals surface area contributed by atoms with Crippen molar-refractivity contribution < 1.29 is 9.90 Å². The first-order valence-corrected chi connectivity index (χ1v) is 5.90. The van der Waals surface area contributed by atoms with Crippen LogP contribution in [0.25, 0.3) is 0 Å². The van der Waals surface area contributed by atoms with E-state index < -0.39 is 5.97 Å². The van der Waals surface area contributed by atoms with Crippen LogP contribution in [0, 0.1) is 5.41 Å². The van der Waals surface area contributed by atoms with E-state index in [0.717, 1.165) is 6.54 Å². The summed E-state index contributed by atoms with van der Waals surface area (Å²) in [5.74, 6) is -0.734. The second kappa shape index (κ2) is 6.19. The fourth-order valence-electron chi connectivity index (χ4n) is 1.58. The summed E-state index contributed by atoms with van der Waals surface area (Å²) in [5, 5.41) is 16.9. The van der Waals surface area contributed by atoms with Crippen molar-refractivity contribution in [2.75, 3.05) is 40.0 Å². The Morgan fingerprint density at radius 2 is 1.95 bits per heavy atom. The lowest BCUT2D eigenvalue weighted by molar-refractivity contribution is 0.0697. The largest absolute Gasteiger partial charge is 0.478 e. The first-order chi connectivity index (χ1) is 8.82. The third-order valence-electron chi connectivity index (χ3n) is 2.82. The first-order valence-electron chi connectivity index (χ1n) is 5.90. The molecule has 4 N–H and O–H groups in total. The lowest BCUT2D eigenvalue weighted by Gasteiger charge is -2.23. The lowest BCUT2D eigenvalue weighted by atomic mass is 10.1. The summed E-state index contributed by atoms with van der Waals surface area (Å²) in [4.78, 5) is 14.6. The molecule has 0 unspecified atom stereocenters. The number of nitrogens with one attached hydrogen (secondary N) is 1. The van der Waals surface area contributed by atoms with Gasteiger partial charge in [0.25, 0.3) is 0 Å². The molecule has 0 saturated heterocycles. The van der Waals surface area contributed by atoms with E-state index >= 15 is 0 Å². The highest BCUT2D eigenvalue weighted by Gasteiger charge is 2.13. The standard InChI is InChI=1S/C13H20N4O2/c1-16(2)6-7-17(3)12(15)10-5-4-9(13(18)19)8-11(10)14/h4-5,8,15H,6-7,14H2,1-3H3,(H,18,19). The smallest absolute Gasteiger partial charge is 0.335 e. The Kier molecular flexibility index (Phi) is 4.88. The number of hydrogen-bond donors (Lipinski definition) is 3. The van der Waals surface area contributed by atoms with Crippen LogP contribution < -0.4 is 5.73 Å². The van der Waals surface area contributed by atoms with E-state index in [1.165, 1.54) is 12.1 Å². The molecule has 0 aromatic heterocycles. The lowest BCUT2D eigenvalue weighted by Crippen LogP contribution is -2.33. The molecule has 0 heterocycles. The van der Waals surface area contributed by atoms with Gasteiger partial charge in [0.15, 0.2) is 0 Å². The number of hydrogen-bond acceptors (Lipinski definition) is 4. The van der Waals surface area contributed by atoms with Crippen molar-refractivity contribution in [1.29, 1.82) is 5.41 Å². The van der Waals surface area contributed by atoms with Crippen molar-refractivity contribution in [3.63, 3.8) is 0 Å². The summed E-state index contributed by atoms with van der Waals surface area (Å²) < 4.78 is 0. The highest BCUT2D eigenvalue weighted by molar-refractivity contribution is 6.02. The van der Waals surface area contributed by atoms with Crippen LogP contribution in [-0.2, 0) is 0 Å². The van der Waals surface area contributed by atoms with Crippen LogP contribution >= 0.6 is 0 Å². The SMILES string of the molecule is CN(C)CCN(C)C(=N)c1ccc(C(=O)O)cc1N. The molecule has 0 fully saturated rings. The normalized spacial score (nSPS) is 10.5. The molecule has 1 aromatic carbocycles. The van der Waals surface area contributed by atoms with Gasteiger partial charge in [-0.25, -0.2) is 4.79 Å². The maximum absolute atomic E-state index is 10.8. The van der Waals surface area contributed by atoms with Crippen molar-refractivity contribution >= 4 is 17.5 Å². The zero-order valence-electron chi connectivity index (χ0n) is 11.5. The summed E-state index contributed by atoms with van der Waals surface area (Å²) in [5.41, 5.74) is 6.80. The number of nitrogens with two attached hydrogens (primary N) is 1. The van der Waals surface area contributed by atoms with Crippen LogP contribution in [0.3, 0.4) is 0 Å². The predicted octanol–water partition coefficient (Wildman–Crippen LogP) is 0.786. The minimum absolute atomic E-state index is 0.130. The average Bonchev–Trinajstić information content (AvgIpc) is 2.34. The number of carboxylic acid groups (broad SMARTS) is 1. The number of benzene rings is 1. The highest BCUT2D eigenvalue weighted by atomic mass is 16.4. The predicted molar refractivity (Wildman–Crippen MR) is 75.8 cm³/mol. The van der Waals surface area contributed by atoms with Gasteiger partial charge in [-0.1, -0.05) is 0 Å². The Hall–Kier alpha value is -2.08. The van der Waals surface area contributed by atoms with E-state index in [0.29, 0.717) is 17.8 Å². The maximum atomic E-state index is 10.8. The summed E-state index contributed by atoms with van der Waals surface area (Å²) in [6, 6.07) is 4.42. The molecule has 0 aliphatic heterocycles. The van der Waals surface area contributed by atoms with Crippen LogP contribution in [0.5, 0.6) is 0 Å². The molecular formula is C13H20N4O2. The van der Waals surface area contributed by atoms with Gasteiger partial charge in [-0.05, 0) is 32.3 Å². The van der Waals surface area contributed by atoms with E-state index in [1.807, 2.05) is 26.0 Å². The van der Waals surface area contributed by atoms with Crippen molar-refractivity contribution in [3.05, 3.63) is 29.3 Å². The van der Waals surface area contributed by atoms with E-state index in [1.54, 1.807) is 11.0 Å². The molecule has 6 nitrogen and oxygen atoms in total. The maximum Gasteiger partial charge on any atom is 0.335 e. The summed E-state index contributed by atoms with van der Waals surface area (Å²) >= 11 is 0. The van der Waals surface area contributed by atoms with Crippen molar-refractivity contribution in [1.82, 2.24) is 9.80 Å². The van der Waals surface area contributed by atoms with E-state index in [-0.39, 0.29) is 11.4 Å². The Morgan fingerprint density at radius 3 is 2.42 bits per heavy atom. The van der Waals surface area contributed by atoms with Crippen LogP contribution in [0.15, 0.2) is 18.2 Å². The van der Waals surface area contributed by atoms with Gasteiger partial charge in [-0.3, -0.25) is 5.41 Å². The van der Waals surface area contributed by atoms with Gasteiger partial charge in [-0.2, -0.15) is 0 Å². The molecule has 1 aromatic rings. The van der Waals surface area contributed by atoms with Gasteiger partial charge >= 0.3 is 5.97 Å². The Labute approximate surface area is 112 Å². The molecule has 0 atom stereocenters. The third-order valence-corrected chi connectivity index (χ3v) is 2.82. The number of nitrogens with zero attached hydrogens (tertiary/aromatic N) is 2. The van der Waals surface area contributed by atoms with Crippen molar-refractivity contribution in [2.24, 2.45) is 0 Å². The summed E-state index contributed by atoms with van der Waals surface area (Å²) in [6.07, 6.45) is 0. The fourth-order valence-corrected chi connectivity index (χ4v) is 1.58. The van der Waals surface area contributed by atoms with Crippen LogP contribution in [0.2, 0.25) is 0 Å². The second-order valence-corrected chi connectivity index (χ2v) is 4.68. The fraction of sp³-hybridized carbons (Fsp3) is 0.385. The Balaban J connectivity index is 2.85. The van der Waals surface area contributed by atoms with E-state index in [4.69, 9.17) is 16.2 Å². The van der Waals surface area contributed by atoms with E-state index in [2.05, 4.69) is 0 Å². The minimum Gasteiger partial charge on any atom is -0.478 e. The number of nitrogen functional groups attached to an aromatic ring is 1. The highest BCUT2D eigenvalue weighted by Crippen LogP contribution is 2.16. The Bertz CT molecular complexity index is 486. The number of rotatable bonds is 5. The number of aromatic carboxylic acids is 1. The number of amidine groups is 1. The number of likely N-dealkylation sites (N-methyl/N-ethyl adjacent to an activating group) is 2. The van der Waals surface area contributed by atoms with Gasteiger partial charge in [0.1, 0.15) is 5.84 Å². The second-order valence-electron chi connectivity index (χ2n) is 4.68. The molecule has 19 heavy (non-hydrogen) atoms. The molecule has 0 radical (unpaired) electrons. The molecule has 1 rings (SSSR count). The van der Waals surface area contributed by atoms with Gasteiger partial charge in [-0.15, -0.1) is 0 Å². The molecule has 0 amide bonds. The molecular weight excluding hydrogens is 244 g/mol. The van der Waals surface area contributed by atoms with Gasteiger partial charge in [0.2, 0.25) is 0 Å². The molecule has 104 valence electrons. The topological polar surface area (TPSA) is 93.7 Å².